The zero-order valence-corrected chi connectivity index (χ0v) is 13.5. The van der Waals surface area contributed by atoms with Crippen LogP contribution in [0.25, 0.3) is 21.8 Å². The van der Waals surface area contributed by atoms with Gasteiger partial charge in [0.05, 0.1) is 16.9 Å². The van der Waals surface area contributed by atoms with Crippen molar-refractivity contribution in [2.24, 2.45) is 0 Å². The molecular formula is C19H17N3O2. The van der Waals surface area contributed by atoms with E-state index in [1.54, 1.807) is 16.7 Å². The first-order valence-electron chi connectivity index (χ1n) is 7.88. The fourth-order valence-electron chi connectivity index (χ4n) is 3.46. The number of aryl methyl sites for hydroxylation is 1. The van der Waals surface area contributed by atoms with Crippen molar-refractivity contribution in [3.8, 4) is 0 Å². The van der Waals surface area contributed by atoms with Crippen LogP contribution in [0.4, 0.5) is 0 Å². The lowest BCUT2D eigenvalue weighted by Gasteiger charge is -2.17. The third-order valence-electron chi connectivity index (χ3n) is 4.63. The highest BCUT2D eigenvalue weighted by Crippen LogP contribution is 2.29. The molecule has 0 fully saturated rings. The second kappa shape index (κ2) is 5.23. The number of rotatable bonds is 2. The monoisotopic (exact) mass is 319 g/mol. The molecule has 0 saturated carbocycles. The van der Waals surface area contributed by atoms with Crippen molar-refractivity contribution < 1.29 is 0 Å². The number of H-pyrrole nitrogens is 2. The largest absolute Gasteiger partial charge is 0.361 e. The lowest BCUT2D eigenvalue weighted by atomic mass is 10.0. The highest BCUT2D eigenvalue weighted by Gasteiger charge is 2.18. The van der Waals surface area contributed by atoms with Crippen molar-refractivity contribution in [1.29, 1.82) is 0 Å². The number of benzene rings is 2. The normalized spacial score (nSPS) is 12.8. The molecule has 0 aliphatic rings. The Hall–Kier alpha value is -3.08. The maximum atomic E-state index is 12.5. The molecule has 0 bridgehead atoms. The lowest BCUT2D eigenvalue weighted by molar-refractivity contribution is 0.624. The summed E-state index contributed by atoms with van der Waals surface area (Å²) in [5.41, 5.74) is 3.11. The minimum absolute atomic E-state index is 0.214. The van der Waals surface area contributed by atoms with E-state index >= 15 is 0 Å². The third-order valence-corrected chi connectivity index (χ3v) is 4.63. The summed E-state index contributed by atoms with van der Waals surface area (Å²) < 4.78 is 1.64. The molecule has 0 unspecified atom stereocenters. The molecule has 4 rings (SSSR count). The Kier molecular flexibility index (Phi) is 3.16. The molecule has 120 valence electrons. The van der Waals surface area contributed by atoms with Gasteiger partial charge in [-0.25, -0.2) is 4.79 Å². The number of fused-ring (bicyclic) bond motifs is 2. The van der Waals surface area contributed by atoms with Crippen molar-refractivity contribution >= 4 is 21.8 Å². The van der Waals surface area contributed by atoms with Gasteiger partial charge in [-0.3, -0.25) is 14.3 Å². The Labute approximate surface area is 137 Å². The number of nitrogens with zero attached hydrogens (tertiary/aromatic N) is 1. The highest BCUT2D eigenvalue weighted by molar-refractivity contribution is 5.87. The molecular weight excluding hydrogens is 302 g/mol. The van der Waals surface area contributed by atoms with E-state index in [9.17, 15) is 9.59 Å². The Morgan fingerprint density at radius 3 is 2.67 bits per heavy atom. The average molecular weight is 319 g/mol. The molecule has 2 aromatic heterocycles. The summed E-state index contributed by atoms with van der Waals surface area (Å²) in [5.74, 6) is 0. The van der Waals surface area contributed by atoms with Crippen molar-refractivity contribution in [3.05, 3.63) is 80.6 Å². The van der Waals surface area contributed by atoms with E-state index in [0.29, 0.717) is 10.9 Å². The Morgan fingerprint density at radius 2 is 1.83 bits per heavy atom. The van der Waals surface area contributed by atoms with Crippen LogP contribution in [0.15, 0.2) is 58.3 Å². The van der Waals surface area contributed by atoms with Crippen LogP contribution in [-0.4, -0.2) is 14.5 Å². The number of hydrogen-bond donors (Lipinski definition) is 2. The van der Waals surface area contributed by atoms with Crippen LogP contribution in [0.3, 0.4) is 0 Å². The van der Waals surface area contributed by atoms with E-state index in [-0.39, 0.29) is 11.6 Å². The summed E-state index contributed by atoms with van der Waals surface area (Å²) in [6.07, 6.45) is 1.94. The summed E-state index contributed by atoms with van der Waals surface area (Å²) in [6.45, 7) is 4.03. The first-order valence-corrected chi connectivity index (χ1v) is 7.88. The predicted octanol–water partition coefficient (Wildman–Crippen LogP) is 3.09. The average Bonchev–Trinajstić information content (AvgIpc) is 3.00. The first-order chi connectivity index (χ1) is 11.6. The SMILES string of the molecule is Cc1cccc2[nH]cc([C@H](C)n3c(=O)[nH]c(=O)c4ccccc43)c12. The van der Waals surface area contributed by atoms with Gasteiger partial charge in [-0.1, -0.05) is 24.3 Å². The molecule has 2 aromatic carbocycles. The highest BCUT2D eigenvalue weighted by atomic mass is 16.2. The van der Waals surface area contributed by atoms with Gasteiger partial charge >= 0.3 is 5.69 Å². The van der Waals surface area contributed by atoms with Crippen LogP contribution in [-0.2, 0) is 0 Å². The van der Waals surface area contributed by atoms with Gasteiger partial charge in [-0.2, -0.15) is 0 Å². The Bertz CT molecular complexity index is 1180. The fourth-order valence-corrected chi connectivity index (χ4v) is 3.46. The maximum Gasteiger partial charge on any atom is 0.329 e. The first kappa shape index (κ1) is 14.5. The molecule has 2 heterocycles. The third kappa shape index (κ3) is 2.01. The molecule has 0 aliphatic carbocycles. The molecule has 5 nitrogen and oxygen atoms in total. The lowest BCUT2D eigenvalue weighted by Crippen LogP contribution is -2.32. The molecule has 0 aliphatic heterocycles. The topological polar surface area (TPSA) is 70.7 Å². The quantitative estimate of drug-likeness (QED) is 0.596. The van der Waals surface area contributed by atoms with E-state index in [0.717, 1.165) is 22.0 Å². The second-order valence-corrected chi connectivity index (χ2v) is 6.06. The molecule has 4 aromatic rings. The van der Waals surface area contributed by atoms with Crippen LogP contribution < -0.4 is 11.2 Å². The van der Waals surface area contributed by atoms with Crippen LogP contribution in [0.1, 0.15) is 24.1 Å². The summed E-state index contributed by atoms with van der Waals surface area (Å²) in [5, 5.41) is 1.63. The van der Waals surface area contributed by atoms with E-state index < -0.39 is 5.69 Å². The van der Waals surface area contributed by atoms with Gasteiger partial charge in [0.1, 0.15) is 0 Å². The van der Waals surface area contributed by atoms with Crippen LogP contribution in [0.5, 0.6) is 0 Å². The van der Waals surface area contributed by atoms with Gasteiger partial charge in [0.15, 0.2) is 0 Å². The van der Waals surface area contributed by atoms with E-state index in [1.165, 1.54) is 0 Å². The number of aromatic nitrogens is 3. The molecule has 1 atom stereocenters. The minimum Gasteiger partial charge on any atom is -0.361 e. The van der Waals surface area contributed by atoms with E-state index in [1.807, 2.05) is 37.4 Å². The molecule has 0 spiro atoms. The minimum atomic E-state index is -0.394. The zero-order valence-electron chi connectivity index (χ0n) is 13.5. The van der Waals surface area contributed by atoms with Gasteiger partial charge in [-0.05, 0) is 37.6 Å². The van der Waals surface area contributed by atoms with Crippen LogP contribution in [0.2, 0.25) is 0 Å². The summed E-state index contributed by atoms with van der Waals surface area (Å²) in [7, 11) is 0. The van der Waals surface area contributed by atoms with Crippen molar-refractivity contribution in [2.45, 2.75) is 19.9 Å². The summed E-state index contributed by atoms with van der Waals surface area (Å²) >= 11 is 0. The molecule has 0 radical (unpaired) electrons. The van der Waals surface area contributed by atoms with Gasteiger partial charge in [0.2, 0.25) is 0 Å². The molecule has 2 N–H and O–H groups in total. The van der Waals surface area contributed by atoms with Gasteiger partial charge < -0.3 is 4.98 Å². The number of hydrogen-bond acceptors (Lipinski definition) is 2. The number of nitrogens with one attached hydrogen (secondary N) is 2. The smallest absolute Gasteiger partial charge is 0.329 e. The summed E-state index contributed by atoms with van der Waals surface area (Å²) in [4.78, 5) is 30.3. The zero-order chi connectivity index (χ0) is 16.8. The molecule has 0 amide bonds. The van der Waals surface area contributed by atoms with Crippen LogP contribution >= 0.6 is 0 Å². The summed E-state index contributed by atoms with van der Waals surface area (Å²) in [6, 6.07) is 13.0. The van der Waals surface area contributed by atoms with Crippen molar-refractivity contribution in [3.63, 3.8) is 0 Å². The fraction of sp³-hybridized carbons (Fsp3) is 0.158. The number of para-hydroxylation sites is 1. The number of aromatic amines is 2. The van der Waals surface area contributed by atoms with Crippen molar-refractivity contribution in [1.82, 2.24) is 14.5 Å². The Morgan fingerprint density at radius 1 is 1.04 bits per heavy atom. The van der Waals surface area contributed by atoms with E-state index in [2.05, 4.69) is 23.0 Å². The van der Waals surface area contributed by atoms with Gasteiger partial charge in [0.25, 0.3) is 5.56 Å². The van der Waals surface area contributed by atoms with Crippen molar-refractivity contribution in [2.75, 3.05) is 0 Å². The standard InChI is InChI=1S/C19H17N3O2/c1-11-6-5-8-15-17(11)14(10-20-15)12(2)22-16-9-4-3-7-13(16)18(23)21-19(22)24/h3-10,12,20H,1-2H3,(H,21,23,24)/t12-/m0/s1. The Balaban J connectivity index is 2.04. The maximum absolute atomic E-state index is 12.5. The molecule has 5 heteroatoms. The molecule has 0 saturated heterocycles. The van der Waals surface area contributed by atoms with Gasteiger partial charge in [-0.15, -0.1) is 0 Å². The predicted molar refractivity (Wildman–Crippen MR) is 95.7 cm³/mol. The molecule has 24 heavy (non-hydrogen) atoms. The van der Waals surface area contributed by atoms with Crippen LogP contribution in [0, 0.1) is 6.92 Å². The van der Waals surface area contributed by atoms with E-state index in [4.69, 9.17) is 0 Å². The van der Waals surface area contributed by atoms with Gasteiger partial charge in [0, 0.05) is 22.7 Å². The second-order valence-electron chi connectivity index (χ2n) is 6.06.